The van der Waals surface area contributed by atoms with Crippen LogP contribution in [-0.2, 0) is 13.0 Å². The lowest BCUT2D eigenvalue weighted by molar-refractivity contribution is -0.384. The normalized spacial score (nSPS) is 15.6. The van der Waals surface area contributed by atoms with Gasteiger partial charge in [-0.1, -0.05) is 59.9 Å². The van der Waals surface area contributed by atoms with Crippen LogP contribution in [0.2, 0.25) is 0 Å². The lowest BCUT2D eigenvalue weighted by atomic mass is 9.83. The minimum Gasteiger partial charge on any atom is -0.497 e. The van der Waals surface area contributed by atoms with Crippen LogP contribution in [0.25, 0.3) is 11.8 Å². The largest absolute Gasteiger partial charge is 0.497 e. The second-order valence-electron chi connectivity index (χ2n) is 10.7. The van der Waals surface area contributed by atoms with Crippen molar-refractivity contribution in [2.75, 3.05) is 7.11 Å². The molecule has 0 radical (unpaired) electrons. The molecular formula is C35H27N3O5S. The first kappa shape index (κ1) is 27.5. The molecule has 7 rings (SSSR count). The Morgan fingerprint density at radius 2 is 1.77 bits per heavy atom. The Morgan fingerprint density at radius 3 is 2.55 bits per heavy atom. The molecule has 2 heterocycles. The summed E-state index contributed by atoms with van der Waals surface area (Å²) in [5, 5.41) is 10.9. The number of fused-ring (bicyclic) bond motifs is 3. The Kier molecular flexibility index (Phi) is 7.15. The van der Waals surface area contributed by atoms with E-state index in [2.05, 4.69) is 24.3 Å². The third-order valence-electron chi connectivity index (χ3n) is 8.01. The molecule has 0 bridgehead atoms. The maximum Gasteiger partial charge on any atom is 0.271 e. The number of aromatic nitrogens is 1. The van der Waals surface area contributed by atoms with E-state index in [4.69, 9.17) is 14.5 Å². The summed E-state index contributed by atoms with van der Waals surface area (Å²) in [5.74, 6) is 1.40. The predicted octanol–water partition coefficient (Wildman–Crippen LogP) is 5.81. The molecular weight excluding hydrogens is 574 g/mol. The highest BCUT2D eigenvalue weighted by atomic mass is 32.1. The summed E-state index contributed by atoms with van der Waals surface area (Å²) in [4.78, 5) is 30.2. The maximum absolute atomic E-state index is 14.0. The average Bonchev–Trinajstić information content (AvgIpc) is 3.37. The van der Waals surface area contributed by atoms with Crippen molar-refractivity contribution in [3.63, 3.8) is 0 Å². The number of non-ortho nitro benzene ring substituents is 1. The molecule has 0 amide bonds. The van der Waals surface area contributed by atoms with E-state index in [-0.39, 0.29) is 23.9 Å². The van der Waals surface area contributed by atoms with Gasteiger partial charge in [0.15, 0.2) is 4.80 Å². The summed E-state index contributed by atoms with van der Waals surface area (Å²) in [5.41, 5.74) is 7.16. The highest BCUT2D eigenvalue weighted by molar-refractivity contribution is 7.07. The number of thiazole rings is 1. The number of benzene rings is 4. The molecule has 0 saturated carbocycles. The lowest BCUT2D eigenvalue weighted by Crippen LogP contribution is -2.38. The molecule has 0 spiro atoms. The van der Waals surface area contributed by atoms with Gasteiger partial charge in [0.05, 0.1) is 28.3 Å². The van der Waals surface area contributed by atoms with Crippen LogP contribution in [0.3, 0.4) is 0 Å². The Hall–Kier alpha value is -5.28. The summed E-state index contributed by atoms with van der Waals surface area (Å²) in [6.45, 7) is 0.286. The molecule has 1 aliphatic carbocycles. The van der Waals surface area contributed by atoms with Crippen LogP contribution in [0, 0.1) is 10.1 Å². The monoisotopic (exact) mass is 601 g/mol. The van der Waals surface area contributed by atoms with Gasteiger partial charge in [-0.25, -0.2) is 4.99 Å². The van der Waals surface area contributed by atoms with Crippen LogP contribution in [0.4, 0.5) is 5.69 Å². The van der Waals surface area contributed by atoms with E-state index >= 15 is 0 Å². The maximum atomic E-state index is 14.0. The SMILES string of the molecule is COc1cccc([C@H]2C3=C(N=c4s/c(=C/c5ccc(OCc6ccc([N+](=O)[O-])cc6)cc5)c(=O)n42)c2ccccc2CC3)c1. The van der Waals surface area contributed by atoms with Crippen LogP contribution in [0.1, 0.15) is 40.3 Å². The van der Waals surface area contributed by atoms with E-state index < -0.39 is 4.92 Å². The Balaban J connectivity index is 1.23. The van der Waals surface area contributed by atoms with Gasteiger partial charge in [0.2, 0.25) is 0 Å². The Morgan fingerprint density at radius 1 is 0.977 bits per heavy atom. The summed E-state index contributed by atoms with van der Waals surface area (Å²) >= 11 is 1.39. The van der Waals surface area contributed by atoms with Gasteiger partial charge in [-0.3, -0.25) is 19.5 Å². The van der Waals surface area contributed by atoms with Crippen molar-refractivity contribution in [1.29, 1.82) is 0 Å². The summed E-state index contributed by atoms with van der Waals surface area (Å²) in [6, 6.07) is 29.8. The zero-order valence-corrected chi connectivity index (χ0v) is 24.6. The molecule has 4 aromatic carbocycles. The van der Waals surface area contributed by atoms with Crippen molar-refractivity contribution in [2.24, 2.45) is 4.99 Å². The zero-order valence-electron chi connectivity index (χ0n) is 23.8. The van der Waals surface area contributed by atoms with Crippen molar-refractivity contribution in [3.05, 3.63) is 160 Å². The fraction of sp³-hybridized carbons (Fsp3) is 0.143. The van der Waals surface area contributed by atoms with Gasteiger partial charge in [-0.15, -0.1) is 0 Å². The molecule has 0 saturated heterocycles. The van der Waals surface area contributed by atoms with Crippen LogP contribution in [0.15, 0.2) is 112 Å². The fourth-order valence-electron chi connectivity index (χ4n) is 5.83. The highest BCUT2D eigenvalue weighted by Gasteiger charge is 2.32. The number of rotatable bonds is 7. The fourth-order valence-corrected chi connectivity index (χ4v) is 6.83. The van der Waals surface area contributed by atoms with Gasteiger partial charge in [0.25, 0.3) is 11.2 Å². The van der Waals surface area contributed by atoms with Gasteiger partial charge in [0.1, 0.15) is 18.1 Å². The Bertz CT molecular complexity index is 2110. The third-order valence-corrected chi connectivity index (χ3v) is 9.00. The first-order valence-electron chi connectivity index (χ1n) is 14.2. The molecule has 2 aliphatic rings. The third kappa shape index (κ3) is 5.11. The van der Waals surface area contributed by atoms with E-state index in [1.165, 1.54) is 29.0 Å². The van der Waals surface area contributed by atoms with Crippen molar-refractivity contribution in [2.45, 2.75) is 25.5 Å². The molecule has 8 nitrogen and oxygen atoms in total. The van der Waals surface area contributed by atoms with Gasteiger partial charge < -0.3 is 9.47 Å². The van der Waals surface area contributed by atoms with Crippen molar-refractivity contribution in [3.8, 4) is 11.5 Å². The number of hydrogen-bond donors (Lipinski definition) is 0. The molecule has 0 fully saturated rings. The van der Waals surface area contributed by atoms with E-state index in [9.17, 15) is 14.9 Å². The van der Waals surface area contributed by atoms with Gasteiger partial charge in [-0.2, -0.15) is 0 Å². The average molecular weight is 602 g/mol. The highest BCUT2D eigenvalue weighted by Crippen LogP contribution is 2.41. The van der Waals surface area contributed by atoms with E-state index in [0.29, 0.717) is 15.1 Å². The van der Waals surface area contributed by atoms with Crippen LogP contribution < -0.4 is 24.4 Å². The minimum absolute atomic E-state index is 0.0446. The number of hydrogen-bond acceptors (Lipinski definition) is 7. The first-order chi connectivity index (χ1) is 21.5. The van der Waals surface area contributed by atoms with Crippen LogP contribution in [-0.4, -0.2) is 16.6 Å². The lowest BCUT2D eigenvalue weighted by Gasteiger charge is -2.31. The van der Waals surface area contributed by atoms with Gasteiger partial charge >= 0.3 is 0 Å². The first-order valence-corrected chi connectivity index (χ1v) is 15.0. The predicted molar refractivity (Wildman–Crippen MR) is 170 cm³/mol. The smallest absolute Gasteiger partial charge is 0.271 e. The topological polar surface area (TPSA) is 96.0 Å². The molecule has 1 aliphatic heterocycles. The van der Waals surface area contributed by atoms with E-state index in [1.54, 1.807) is 19.2 Å². The molecule has 1 aromatic heterocycles. The summed E-state index contributed by atoms with van der Waals surface area (Å²) in [6.07, 6.45) is 3.61. The number of methoxy groups -OCH3 is 1. The molecule has 1 atom stereocenters. The molecule has 9 heteroatoms. The second-order valence-corrected chi connectivity index (χ2v) is 11.7. The van der Waals surface area contributed by atoms with Crippen LogP contribution in [0.5, 0.6) is 11.5 Å². The van der Waals surface area contributed by atoms with E-state index in [0.717, 1.165) is 52.1 Å². The number of ether oxygens (including phenoxy) is 2. The summed E-state index contributed by atoms with van der Waals surface area (Å²) in [7, 11) is 1.65. The zero-order chi connectivity index (χ0) is 30.2. The second kappa shape index (κ2) is 11.4. The standard InChI is InChI=1S/C35H27N3O5S/c1-42-28-7-4-6-25(20-28)33-30-18-13-24-5-2-3-8-29(24)32(30)36-35-37(33)34(39)31(44-35)19-22-11-16-27(17-12-22)43-21-23-9-14-26(15-10-23)38(40)41/h2-12,14-17,19-20,33H,13,18,21H2,1H3/b31-19+/t33-/m0/s1. The number of nitro benzene ring substituents is 1. The Labute approximate surface area is 256 Å². The number of nitrogens with zero attached hydrogens (tertiary/aromatic N) is 3. The molecule has 0 N–H and O–H groups in total. The van der Waals surface area contributed by atoms with Crippen molar-refractivity contribution >= 4 is 28.8 Å². The number of allylic oxidation sites excluding steroid dienone is 1. The molecule has 5 aromatic rings. The minimum atomic E-state index is -0.424. The van der Waals surface area contributed by atoms with Gasteiger partial charge in [-0.05, 0) is 83.1 Å². The van der Waals surface area contributed by atoms with Crippen molar-refractivity contribution in [1.82, 2.24) is 4.57 Å². The van der Waals surface area contributed by atoms with Crippen LogP contribution >= 0.6 is 11.3 Å². The summed E-state index contributed by atoms with van der Waals surface area (Å²) < 4.78 is 13.8. The molecule has 44 heavy (non-hydrogen) atoms. The number of aryl methyl sites for hydroxylation is 1. The van der Waals surface area contributed by atoms with E-state index in [1.807, 2.05) is 59.2 Å². The molecule has 218 valence electrons. The molecule has 0 unspecified atom stereocenters. The quantitative estimate of drug-likeness (QED) is 0.173. The van der Waals surface area contributed by atoms with Gasteiger partial charge in [0, 0.05) is 17.7 Å². The number of nitro groups is 1. The van der Waals surface area contributed by atoms with Crippen molar-refractivity contribution < 1.29 is 14.4 Å².